The number of hydrogen-bond acceptors (Lipinski definition) is 7. The topological polar surface area (TPSA) is 93.8 Å². The molecule has 0 aromatic carbocycles. The van der Waals surface area contributed by atoms with Gasteiger partial charge in [0, 0.05) is 11.3 Å². The normalized spacial score (nSPS) is 17.8. The molecule has 0 N–H and O–H groups in total. The van der Waals surface area contributed by atoms with Crippen LogP contribution in [0.4, 0.5) is 0 Å². The van der Waals surface area contributed by atoms with Crippen molar-refractivity contribution in [3.05, 3.63) is 74.9 Å². The second-order valence-corrected chi connectivity index (χ2v) is 9.23. The Morgan fingerprint density at radius 3 is 2.97 bits per heavy atom. The average molecular weight is 449 g/mol. The molecule has 0 spiro atoms. The summed E-state index contributed by atoms with van der Waals surface area (Å²) >= 11 is 1.59. The molecule has 0 saturated carbocycles. The summed E-state index contributed by atoms with van der Waals surface area (Å²) in [6, 6.07) is 6.93. The molecule has 32 heavy (non-hydrogen) atoms. The van der Waals surface area contributed by atoms with E-state index in [0.717, 1.165) is 35.4 Å². The van der Waals surface area contributed by atoms with Crippen LogP contribution in [-0.2, 0) is 24.2 Å². The minimum absolute atomic E-state index is 0.141. The summed E-state index contributed by atoms with van der Waals surface area (Å²) in [7, 11) is 0. The number of nitrogens with zero attached hydrogens (tertiary/aromatic N) is 4. The third-order valence-corrected chi connectivity index (χ3v) is 7.26. The van der Waals surface area contributed by atoms with Gasteiger partial charge in [0.25, 0.3) is 11.5 Å². The number of hydrazone groups is 1. The fourth-order valence-electron chi connectivity index (χ4n) is 4.53. The van der Waals surface area contributed by atoms with Crippen LogP contribution < -0.4 is 5.56 Å². The molecule has 6 rings (SSSR count). The lowest BCUT2D eigenvalue weighted by molar-refractivity contribution is -0.134. The zero-order valence-corrected chi connectivity index (χ0v) is 18.2. The maximum Gasteiger partial charge on any atom is 0.263 e. The molecule has 0 radical (unpaired) electrons. The fraction of sp³-hybridized carbons (Fsp3) is 0.304. The quantitative estimate of drug-likeness (QED) is 0.473. The molecule has 5 heterocycles. The molecule has 1 aliphatic heterocycles. The van der Waals surface area contributed by atoms with Gasteiger partial charge in [-0.25, -0.2) is 9.99 Å². The van der Waals surface area contributed by atoms with E-state index in [1.54, 1.807) is 23.7 Å². The highest BCUT2D eigenvalue weighted by atomic mass is 32.1. The van der Waals surface area contributed by atoms with Crippen molar-refractivity contribution in [3.63, 3.8) is 0 Å². The van der Waals surface area contributed by atoms with Crippen LogP contribution in [0.25, 0.3) is 10.2 Å². The molecule has 0 bridgehead atoms. The lowest BCUT2D eigenvalue weighted by Gasteiger charge is -2.20. The molecule has 9 heteroatoms. The second kappa shape index (κ2) is 7.30. The number of carbonyl (C=O) groups is 1. The van der Waals surface area contributed by atoms with Crippen molar-refractivity contribution >= 4 is 33.2 Å². The van der Waals surface area contributed by atoms with E-state index in [1.807, 2.05) is 25.1 Å². The van der Waals surface area contributed by atoms with Crippen molar-refractivity contribution in [2.75, 3.05) is 0 Å². The third-order valence-electron chi connectivity index (χ3n) is 6.06. The van der Waals surface area contributed by atoms with E-state index in [9.17, 15) is 9.59 Å². The Kier molecular flexibility index (Phi) is 4.39. The number of furan rings is 2. The molecule has 1 atom stereocenters. The first-order valence-electron chi connectivity index (χ1n) is 10.6. The number of carbonyl (C=O) groups excluding carboxylic acids is 1. The van der Waals surface area contributed by atoms with Crippen molar-refractivity contribution < 1.29 is 13.6 Å². The summed E-state index contributed by atoms with van der Waals surface area (Å²) in [6.07, 6.45) is 6.46. The van der Waals surface area contributed by atoms with Crippen molar-refractivity contribution in [2.45, 2.75) is 45.2 Å². The van der Waals surface area contributed by atoms with E-state index in [4.69, 9.17) is 8.83 Å². The highest BCUT2D eigenvalue weighted by molar-refractivity contribution is 7.18. The van der Waals surface area contributed by atoms with E-state index in [0.29, 0.717) is 29.0 Å². The van der Waals surface area contributed by atoms with Gasteiger partial charge in [0.05, 0.1) is 18.0 Å². The Morgan fingerprint density at radius 1 is 1.28 bits per heavy atom. The maximum atomic E-state index is 13.3. The van der Waals surface area contributed by atoms with Crippen molar-refractivity contribution in [1.82, 2.24) is 14.6 Å². The van der Waals surface area contributed by atoms with Crippen molar-refractivity contribution in [3.8, 4) is 0 Å². The summed E-state index contributed by atoms with van der Waals surface area (Å²) in [5.41, 5.74) is 1.61. The zero-order chi connectivity index (χ0) is 21.8. The van der Waals surface area contributed by atoms with Crippen LogP contribution in [0, 0.1) is 6.92 Å². The fourth-order valence-corrected chi connectivity index (χ4v) is 5.75. The minimum Gasteiger partial charge on any atom is -0.467 e. The molecule has 4 aromatic rings. The summed E-state index contributed by atoms with van der Waals surface area (Å²) in [5, 5.41) is 6.63. The molecule has 1 aliphatic carbocycles. The van der Waals surface area contributed by atoms with Gasteiger partial charge >= 0.3 is 0 Å². The van der Waals surface area contributed by atoms with Gasteiger partial charge in [-0.1, -0.05) is 0 Å². The number of hydrogen-bond donors (Lipinski definition) is 0. The smallest absolute Gasteiger partial charge is 0.263 e. The van der Waals surface area contributed by atoms with Gasteiger partial charge in [-0.3, -0.25) is 14.2 Å². The molecule has 8 nitrogen and oxygen atoms in total. The van der Waals surface area contributed by atoms with E-state index in [1.165, 1.54) is 20.8 Å². The molecule has 0 unspecified atom stereocenters. The predicted octanol–water partition coefficient (Wildman–Crippen LogP) is 3.82. The number of aromatic nitrogens is 2. The Balaban J connectivity index is 1.34. The van der Waals surface area contributed by atoms with Crippen LogP contribution in [-0.4, -0.2) is 26.2 Å². The highest BCUT2D eigenvalue weighted by Crippen LogP contribution is 2.35. The second-order valence-electron chi connectivity index (χ2n) is 8.15. The Bertz CT molecular complexity index is 1430. The van der Waals surface area contributed by atoms with Gasteiger partial charge in [0.2, 0.25) is 0 Å². The molecule has 1 amide bonds. The van der Waals surface area contributed by atoms with Crippen LogP contribution >= 0.6 is 11.3 Å². The van der Waals surface area contributed by atoms with Crippen LogP contribution in [0.3, 0.4) is 0 Å². The first-order valence-corrected chi connectivity index (χ1v) is 11.4. The lowest BCUT2D eigenvalue weighted by atomic mass is 10.1. The Labute approximate surface area is 186 Å². The molecular formula is C23H20N4O4S. The van der Waals surface area contributed by atoms with Crippen LogP contribution in [0.1, 0.15) is 46.6 Å². The van der Waals surface area contributed by atoms with Crippen LogP contribution in [0.15, 0.2) is 55.6 Å². The third kappa shape index (κ3) is 3.03. The maximum absolute atomic E-state index is 13.3. The molecule has 0 fully saturated rings. The number of fused-ring (bicyclic) bond motifs is 3. The number of thiophene rings is 1. The van der Waals surface area contributed by atoms with Crippen molar-refractivity contribution in [2.24, 2.45) is 5.10 Å². The van der Waals surface area contributed by atoms with Gasteiger partial charge in [0.15, 0.2) is 0 Å². The van der Waals surface area contributed by atoms with Gasteiger partial charge in [-0.05, 0) is 56.0 Å². The summed E-state index contributed by atoms with van der Waals surface area (Å²) in [6.45, 7) is 1.72. The van der Waals surface area contributed by atoms with Gasteiger partial charge in [-0.15, -0.1) is 11.3 Å². The predicted molar refractivity (Wildman–Crippen MR) is 119 cm³/mol. The number of rotatable bonds is 4. The van der Waals surface area contributed by atoms with Crippen LogP contribution in [0.5, 0.6) is 0 Å². The summed E-state index contributed by atoms with van der Waals surface area (Å²) in [4.78, 5) is 33.0. The van der Waals surface area contributed by atoms with Gasteiger partial charge < -0.3 is 8.83 Å². The largest absolute Gasteiger partial charge is 0.467 e. The standard InChI is InChI=1S/C23H20N4O4S/c1-13-7-8-17(31-13)15-10-16(18-5-3-9-30-18)27(25-15)20(28)11-26-12-24-22-21(23(26)29)14-4-2-6-19(14)32-22/h3,5,7-9,12,16H,2,4,6,10-11H2,1H3/t16-/m1/s1. The van der Waals surface area contributed by atoms with E-state index >= 15 is 0 Å². The van der Waals surface area contributed by atoms with Crippen LogP contribution in [0.2, 0.25) is 0 Å². The Morgan fingerprint density at radius 2 is 2.19 bits per heavy atom. The number of aryl methyl sites for hydroxylation is 3. The molecule has 4 aromatic heterocycles. The average Bonchev–Trinajstić information content (AvgIpc) is 3.57. The lowest BCUT2D eigenvalue weighted by Crippen LogP contribution is -2.34. The summed E-state index contributed by atoms with van der Waals surface area (Å²) < 4.78 is 12.7. The molecule has 162 valence electrons. The van der Waals surface area contributed by atoms with E-state index < -0.39 is 6.04 Å². The zero-order valence-electron chi connectivity index (χ0n) is 17.4. The van der Waals surface area contributed by atoms with Gasteiger partial charge in [-0.2, -0.15) is 5.10 Å². The Hall–Kier alpha value is -3.46. The first-order chi connectivity index (χ1) is 15.6. The summed E-state index contributed by atoms with van der Waals surface area (Å²) in [5.74, 6) is 1.73. The molecular weight excluding hydrogens is 428 g/mol. The highest BCUT2D eigenvalue weighted by Gasteiger charge is 2.36. The van der Waals surface area contributed by atoms with Gasteiger partial charge in [0.1, 0.15) is 40.4 Å². The SMILES string of the molecule is Cc1ccc(C2=NN(C(=O)Cn3cnc4sc5c(c4c3=O)CCC5)[C@@H](c3ccco3)C2)o1. The van der Waals surface area contributed by atoms with E-state index in [2.05, 4.69) is 10.1 Å². The van der Waals surface area contributed by atoms with Crippen molar-refractivity contribution in [1.29, 1.82) is 0 Å². The molecule has 2 aliphatic rings. The molecule has 0 saturated heterocycles. The monoisotopic (exact) mass is 448 g/mol. The minimum atomic E-state index is -0.393. The number of amides is 1. The van der Waals surface area contributed by atoms with E-state index in [-0.39, 0.29) is 18.0 Å². The first kappa shape index (κ1) is 19.2.